The van der Waals surface area contributed by atoms with Crippen molar-refractivity contribution in [1.29, 1.82) is 0 Å². The van der Waals surface area contributed by atoms with Crippen LogP contribution in [-0.4, -0.2) is 29.6 Å². The van der Waals surface area contributed by atoms with Crippen LogP contribution in [0.2, 0.25) is 0 Å². The first-order valence-corrected chi connectivity index (χ1v) is 12.6. The minimum absolute atomic E-state index is 0.259. The second-order valence-corrected chi connectivity index (χ2v) is 11.3. The predicted molar refractivity (Wildman–Crippen MR) is 125 cm³/mol. The molecule has 32 heavy (non-hydrogen) atoms. The van der Waals surface area contributed by atoms with Gasteiger partial charge in [-0.15, -0.1) is 11.3 Å². The van der Waals surface area contributed by atoms with Gasteiger partial charge in [-0.2, -0.15) is 5.10 Å². The zero-order valence-electron chi connectivity index (χ0n) is 18.1. The second kappa shape index (κ2) is 7.95. The van der Waals surface area contributed by atoms with Gasteiger partial charge in [0.25, 0.3) is 0 Å². The number of hydrogen-bond acceptors (Lipinski definition) is 5. The van der Waals surface area contributed by atoms with E-state index in [4.69, 9.17) is 0 Å². The number of hydrogen-bond donors (Lipinski definition) is 1. The van der Waals surface area contributed by atoms with E-state index >= 15 is 0 Å². The van der Waals surface area contributed by atoms with Gasteiger partial charge in [0.05, 0.1) is 26.8 Å². The van der Waals surface area contributed by atoms with E-state index in [-0.39, 0.29) is 10.7 Å². The van der Waals surface area contributed by atoms with Crippen molar-refractivity contribution in [1.82, 2.24) is 9.78 Å². The number of halogens is 1. The second-order valence-electron chi connectivity index (χ2n) is 8.23. The van der Waals surface area contributed by atoms with Crippen molar-refractivity contribution in [3.05, 3.63) is 77.7 Å². The fourth-order valence-corrected chi connectivity index (χ4v) is 5.05. The summed E-state index contributed by atoms with van der Waals surface area (Å²) >= 11 is 1.47. The maximum absolute atomic E-state index is 14.3. The van der Waals surface area contributed by atoms with Gasteiger partial charge in [-0.1, -0.05) is 18.2 Å². The smallest absolute Gasteiger partial charge is 0.175 e. The van der Waals surface area contributed by atoms with E-state index in [1.165, 1.54) is 23.7 Å². The molecule has 166 valence electrons. The van der Waals surface area contributed by atoms with E-state index < -0.39 is 15.4 Å². The van der Waals surface area contributed by atoms with Crippen molar-refractivity contribution >= 4 is 21.2 Å². The van der Waals surface area contributed by atoms with Gasteiger partial charge >= 0.3 is 0 Å². The number of nitrogens with zero attached hydrogens (tertiary/aromatic N) is 2. The summed E-state index contributed by atoms with van der Waals surface area (Å²) in [5.41, 5.74) is 1.84. The summed E-state index contributed by atoms with van der Waals surface area (Å²) in [6.07, 6.45) is 1.18. The van der Waals surface area contributed by atoms with Crippen LogP contribution >= 0.6 is 11.3 Å². The molecule has 0 bridgehead atoms. The molecule has 0 aliphatic carbocycles. The Morgan fingerprint density at radius 2 is 1.72 bits per heavy atom. The highest BCUT2D eigenvalue weighted by Gasteiger charge is 2.24. The van der Waals surface area contributed by atoms with Crippen molar-refractivity contribution in [2.45, 2.75) is 31.3 Å². The third-order valence-corrected chi connectivity index (χ3v) is 7.48. The van der Waals surface area contributed by atoms with Crippen LogP contribution in [0.3, 0.4) is 0 Å². The van der Waals surface area contributed by atoms with Gasteiger partial charge in [-0.05, 0) is 68.8 Å². The first-order valence-electron chi connectivity index (χ1n) is 9.94. The first-order chi connectivity index (χ1) is 14.9. The van der Waals surface area contributed by atoms with Crippen molar-refractivity contribution in [2.75, 3.05) is 6.26 Å². The van der Waals surface area contributed by atoms with Crippen LogP contribution in [0, 0.1) is 12.7 Å². The summed E-state index contributed by atoms with van der Waals surface area (Å²) in [5, 5.41) is 15.1. The molecule has 0 aliphatic heterocycles. The van der Waals surface area contributed by atoms with Gasteiger partial charge in [0, 0.05) is 16.7 Å². The molecular formula is C24H23FN2O3S2. The lowest BCUT2D eigenvalue weighted by Gasteiger charge is -2.13. The van der Waals surface area contributed by atoms with Crippen molar-refractivity contribution in [2.24, 2.45) is 0 Å². The molecule has 0 fully saturated rings. The van der Waals surface area contributed by atoms with Crippen LogP contribution in [0.5, 0.6) is 0 Å². The summed E-state index contributed by atoms with van der Waals surface area (Å²) < 4.78 is 39.8. The predicted octanol–water partition coefficient (Wildman–Crippen LogP) is 5.35. The topological polar surface area (TPSA) is 72.2 Å². The molecule has 4 aromatic rings. The van der Waals surface area contributed by atoms with Crippen LogP contribution in [0.4, 0.5) is 4.39 Å². The Morgan fingerprint density at radius 3 is 2.41 bits per heavy atom. The summed E-state index contributed by atoms with van der Waals surface area (Å²) in [6.45, 7) is 4.99. The Labute approximate surface area is 190 Å². The van der Waals surface area contributed by atoms with Crippen LogP contribution in [-0.2, 0) is 15.4 Å². The third kappa shape index (κ3) is 4.26. The maximum atomic E-state index is 14.3. The normalized spacial score (nSPS) is 12.3. The summed E-state index contributed by atoms with van der Waals surface area (Å²) in [5.74, 6) is -0.335. The number of sulfone groups is 1. The van der Waals surface area contributed by atoms with E-state index in [1.807, 2.05) is 18.2 Å². The Balaban J connectivity index is 1.86. The lowest BCUT2D eigenvalue weighted by Crippen LogP contribution is -2.16. The van der Waals surface area contributed by atoms with Gasteiger partial charge < -0.3 is 5.11 Å². The van der Waals surface area contributed by atoms with E-state index in [9.17, 15) is 17.9 Å². The molecule has 0 saturated carbocycles. The van der Waals surface area contributed by atoms with Gasteiger partial charge in [0.15, 0.2) is 9.84 Å². The first kappa shape index (κ1) is 22.4. The summed E-state index contributed by atoms with van der Waals surface area (Å²) in [4.78, 5) is 2.00. The maximum Gasteiger partial charge on any atom is 0.175 e. The van der Waals surface area contributed by atoms with Gasteiger partial charge in [0.2, 0.25) is 0 Å². The summed E-state index contributed by atoms with van der Waals surface area (Å²) in [7, 11) is -3.32. The molecule has 0 unspecified atom stereocenters. The zero-order valence-corrected chi connectivity index (χ0v) is 19.8. The van der Waals surface area contributed by atoms with Crippen molar-refractivity contribution in [3.63, 3.8) is 0 Å². The summed E-state index contributed by atoms with van der Waals surface area (Å²) in [6, 6.07) is 17.3. The number of benzene rings is 2. The van der Waals surface area contributed by atoms with E-state index in [0.717, 1.165) is 15.3 Å². The molecule has 0 radical (unpaired) electrons. The Morgan fingerprint density at radius 1 is 1.03 bits per heavy atom. The highest BCUT2D eigenvalue weighted by atomic mass is 32.2. The van der Waals surface area contributed by atoms with E-state index in [0.29, 0.717) is 22.6 Å². The van der Waals surface area contributed by atoms with E-state index in [2.05, 4.69) is 5.10 Å². The van der Waals surface area contributed by atoms with Crippen molar-refractivity contribution in [3.8, 4) is 26.7 Å². The number of aromatic nitrogens is 2. The molecular weight excluding hydrogens is 447 g/mol. The molecule has 0 atom stereocenters. The lowest BCUT2D eigenvalue weighted by molar-refractivity contribution is 0.0734. The Bertz CT molecular complexity index is 1410. The van der Waals surface area contributed by atoms with Gasteiger partial charge in [-0.3, -0.25) is 0 Å². The van der Waals surface area contributed by atoms with Crippen LogP contribution in [0.15, 0.2) is 65.6 Å². The average Bonchev–Trinajstić information content (AvgIpc) is 3.36. The molecule has 2 heterocycles. The van der Waals surface area contributed by atoms with Gasteiger partial charge in [0.1, 0.15) is 11.4 Å². The number of aliphatic hydroxyl groups is 1. The number of thiophene rings is 1. The highest BCUT2D eigenvalue weighted by Crippen LogP contribution is 2.38. The molecule has 0 saturated heterocycles. The van der Waals surface area contributed by atoms with E-state index in [1.54, 1.807) is 61.9 Å². The number of rotatable bonds is 5. The quantitative estimate of drug-likeness (QED) is 0.427. The highest BCUT2D eigenvalue weighted by molar-refractivity contribution is 7.90. The van der Waals surface area contributed by atoms with Crippen molar-refractivity contribution < 1.29 is 17.9 Å². The molecule has 0 spiro atoms. The molecule has 4 rings (SSSR count). The Kier molecular flexibility index (Phi) is 5.56. The monoisotopic (exact) mass is 470 g/mol. The zero-order chi connectivity index (χ0) is 23.3. The molecule has 0 amide bonds. The SMILES string of the molecule is Cc1c(F)cccc1-n1nc(C(C)(C)O)cc1-c1ccc(-c2cccc(S(C)(=O)=O)c2)s1. The lowest BCUT2D eigenvalue weighted by atomic mass is 10.1. The molecule has 2 aromatic carbocycles. The fraction of sp³-hybridized carbons (Fsp3) is 0.208. The third-order valence-electron chi connectivity index (χ3n) is 5.21. The van der Waals surface area contributed by atoms with Gasteiger partial charge in [-0.25, -0.2) is 17.5 Å². The minimum atomic E-state index is -3.32. The van der Waals surface area contributed by atoms with Crippen LogP contribution < -0.4 is 0 Å². The molecule has 5 nitrogen and oxygen atoms in total. The largest absolute Gasteiger partial charge is 0.384 e. The fourth-order valence-electron chi connectivity index (χ4n) is 3.38. The van der Waals surface area contributed by atoms with Crippen LogP contribution in [0.25, 0.3) is 26.7 Å². The standard InChI is InChI=1S/C24H23FN2O3S2/c1-15-18(25)9-6-10-19(15)27-20(14-23(26-27)24(2,3)28)22-12-11-21(31-22)16-7-5-8-17(13-16)32(4,29)30/h5-14,28H,1-4H3. The average molecular weight is 471 g/mol. The Hall–Kier alpha value is -2.81. The molecule has 8 heteroatoms. The minimum Gasteiger partial charge on any atom is -0.384 e. The molecule has 2 aromatic heterocycles. The molecule has 1 N–H and O–H groups in total. The molecule has 0 aliphatic rings. The van der Waals surface area contributed by atoms with Crippen LogP contribution in [0.1, 0.15) is 25.1 Å².